The number of nitrogen functional groups attached to an aromatic ring is 1. The molecule has 2 N–H and O–H groups in total. The van der Waals surface area contributed by atoms with Gasteiger partial charge in [-0.15, -0.1) is 0 Å². The van der Waals surface area contributed by atoms with Crippen molar-refractivity contribution in [3.63, 3.8) is 0 Å². The summed E-state index contributed by atoms with van der Waals surface area (Å²) in [5.41, 5.74) is 8.77. The molecule has 0 amide bonds. The monoisotopic (exact) mass is 317 g/mol. The zero-order valence-corrected chi connectivity index (χ0v) is 11.9. The molecule has 0 unspecified atom stereocenters. The molecule has 3 rings (SSSR count). The van der Waals surface area contributed by atoms with Crippen LogP contribution in [0.4, 0.5) is 5.95 Å². The van der Waals surface area contributed by atoms with E-state index < -0.39 is 0 Å². The van der Waals surface area contributed by atoms with Crippen LogP contribution in [0.15, 0.2) is 46.9 Å². The Morgan fingerprint density at radius 2 is 2.05 bits per heavy atom. The molecule has 5 heteroatoms. The summed E-state index contributed by atoms with van der Waals surface area (Å²) in [6.45, 7) is 0. The lowest BCUT2D eigenvalue weighted by molar-refractivity contribution is 0.414. The van der Waals surface area contributed by atoms with Crippen molar-refractivity contribution in [1.29, 1.82) is 0 Å². The highest BCUT2D eigenvalue weighted by Gasteiger charge is 2.10. The fourth-order valence-electron chi connectivity index (χ4n) is 2.09. The molecule has 1 heterocycles. The average Bonchev–Trinajstić information content (AvgIpc) is 2.74. The van der Waals surface area contributed by atoms with Gasteiger partial charge >= 0.3 is 0 Å². The molecule has 2 aromatic carbocycles. The van der Waals surface area contributed by atoms with E-state index in [0.717, 1.165) is 26.9 Å². The molecular formula is C14H12BrN3O. The summed E-state index contributed by atoms with van der Waals surface area (Å²) in [5, 5.41) is 0. The number of hydrogen-bond acceptors (Lipinski definition) is 3. The number of halogens is 1. The maximum atomic E-state index is 6.02. The second kappa shape index (κ2) is 4.59. The van der Waals surface area contributed by atoms with E-state index in [0.29, 0.717) is 5.95 Å². The van der Waals surface area contributed by atoms with Crippen LogP contribution in [-0.4, -0.2) is 16.7 Å². The molecule has 0 atom stereocenters. The molecule has 3 aromatic rings. The zero-order chi connectivity index (χ0) is 13.4. The lowest BCUT2D eigenvalue weighted by Crippen LogP contribution is -2.00. The van der Waals surface area contributed by atoms with Gasteiger partial charge in [0.05, 0.1) is 23.8 Å². The summed E-state index contributed by atoms with van der Waals surface area (Å²) < 4.78 is 8.14. The first-order valence-electron chi connectivity index (χ1n) is 5.77. The summed E-state index contributed by atoms with van der Waals surface area (Å²) >= 11 is 3.47. The van der Waals surface area contributed by atoms with Crippen LogP contribution in [0.1, 0.15) is 0 Å². The van der Waals surface area contributed by atoms with E-state index in [9.17, 15) is 0 Å². The predicted molar refractivity (Wildman–Crippen MR) is 79.7 cm³/mol. The standard InChI is InChI=1S/C14H12BrN3O/c1-19-11-4-2-3-10(8-11)18-13-7-9(15)5-6-12(13)17-14(18)16/h2-8H,1H3,(H2,16,17). The van der Waals surface area contributed by atoms with Crippen LogP contribution >= 0.6 is 15.9 Å². The molecule has 0 fully saturated rings. The number of fused-ring (bicyclic) bond motifs is 1. The van der Waals surface area contributed by atoms with Crippen LogP contribution in [0.2, 0.25) is 0 Å². The number of methoxy groups -OCH3 is 1. The van der Waals surface area contributed by atoms with Crippen LogP contribution in [-0.2, 0) is 0 Å². The van der Waals surface area contributed by atoms with Crippen LogP contribution < -0.4 is 10.5 Å². The van der Waals surface area contributed by atoms with Crippen molar-refractivity contribution < 1.29 is 4.74 Å². The molecule has 96 valence electrons. The van der Waals surface area contributed by atoms with Crippen molar-refractivity contribution in [2.24, 2.45) is 0 Å². The van der Waals surface area contributed by atoms with E-state index in [1.807, 2.05) is 47.0 Å². The average molecular weight is 318 g/mol. The van der Waals surface area contributed by atoms with Crippen molar-refractivity contribution in [3.05, 3.63) is 46.9 Å². The van der Waals surface area contributed by atoms with Gasteiger partial charge in [-0.2, -0.15) is 0 Å². The van der Waals surface area contributed by atoms with E-state index in [4.69, 9.17) is 10.5 Å². The number of imidazole rings is 1. The van der Waals surface area contributed by atoms with Gasteiger partial charge in [-0.3, -0.25) is 4.57 Å². The van der Waals surface area contributed by atoms with Crippen molar-refractivity contribution >= 4 is 32.9 Å². The second-order valence-corrected chi connectivity index (χ2v) is 5.06. The van der Waals surface area contributed by atoms with Crippen LogP contribution in [0.3, 0.4) is 0 Å². The van der Waals surface area contributed by atoms with Gasteiger partial charge in [-0.05, 0) is 30.3 Å². The summed E-state index contributed by atoms with van der Waals surface area (Å²) in [6.07, 6.45) is 0. The molecule has 0 aliphatic heterocycles. The Labute approximate surface area is 118 Å². The SMILES string of the molecule is COc1cccc(-n2c(N)nc3ccc(Br)cc32)c1. The molecule has 0 spiro atoms. The molecule has 4 nitrogen and oxygen atoms in total. The zero-order valence-electron chi connectivity index (χ0n) is 10.3. The number of rotatable bonds is 2. The lowest BCUT2D eigenvalue weighted by Gasteiger charge is -2.08. The van der Waals surface area contributed by atoms with Crippen LogP contribution in [0, 0.1) is 0 Å². The number of benzene rings is 2. The fraction of sp³-hybridized carbons (Fsp3) is 0.0714. The van der Waals surface area contributed by atoms with Crippen LogP contribution in [0.5, 0.6) is 5.75 Å². The second-order valence-electron chi connectivity index (χ2n) is 4.14. The molecule has 0 aliphatic carbocycles. The number of aromatic nitrogens is 2. The number of nitrogens with zero attached hydrogens (tertiary/aromatic N) is 2. The summed E-state index contributed by atoms with van der Waals surface area (Å²) in [6, 6.07) is 13.6. The first-order chi connectivity index (χ1) is 9.19. The van der Waals surface area contributed by atoms with Gasteiger partial charge < -0.3 is 10.5 Å². The van der Waals surface area contributed by atoms with Gasteiger partial charge in [-0.25, -0.2) is 4.98 Å². The maximum absolute atomic E-state index is 6.02. The van der Waals surface area contributed by atoms with Gasteiger partial charge in [-0.1, -0.05) is 22.0 Å². The highest BCUT2D eigenvalue weighted by Crippen LogP contribution is 2.27. The van der Waals surface area contributed by atoms with E-state index in [2.05, 4.69) is 20.9 Å². The van der Waals surface area contributed by atoms with Crippen molar-refractivity contribution in [2.45, 2.75) is 0 Å². The Bertz CT molecular complexity index is 752. The molecule has 0 aliphatic rings. The first-order valence-corrected chi connectivity index (χ1v) is 6.56. The summed E-state index contributed by atoms with van der Waals surface area (Å²) in [7, 11) is 1.64. The Balaban J connectivity index is 2.28. The molecule has 0 bridgehead atoms. The minimum absolute atomic E-state index is 0.460. The third-order valence-electron chi connectivity index (χ3n) is 2.95. The Kier molecular flexibility index (Phi) is 2.91. The minimum atomic E-state index is 0.460. The van der Waals surface area contributed by atoms with Crippen molar-refractivity contribution in [1.82, 2.24) is 9.55 Å². The number of hydrogen-bond donors (Lipinski definition) is 1. The first kappa shape index (κ1) is 12.0. The summed E-state index contributed by atoms with van der Waals surface area (Å²) in [5.74, 6) is 1.25. The van der Waals surface area contributed by atoms with Gasteiger partial charge in [0.2, 0.25) is 5.95 Å². The van der Waals surface area contributed by atoms with Gasteiger partial charge in [0.1, 0.15) is 5.75 Å². The van der Waals surface area contributed by atoms with Gasteiger partial charge in [0.25, 0.3) is 0 Å². The van der Waals surface area contributed by atoms with Gasteiger partial charge in [0, 0.05) is 10.5 Å². The Morgan fingerprint density at radius 3 is 2.84 bits per heavy atom. The van der Waals surface area contributed by atoms with E-state index in [-0.39, 0.29) is 0 Å². The molecule has 0 saturated carbocycles. The molecule has 0 radical (unpaired) electrons. The van der Waals surface area contributed by atoms with Crippen LogP contribution in [0.25, 0.3) is 16.7 Å². The third-order valence-corrected chi connectivity index (χ3v) is 3.45. The van der Waals surface area contributed by atoms with Crippen molar-refractivity contribution in [2.75, 3.05) is 12.8 Å². The number of nitrogens with two attached hydrogens (primary N) is 1. The smallest absolute Gasteiger partial charge is 0.205 e. The number of anilines is 1. The Hall–Kier alpha value is -2.01. The Morgan fingerprint density at radius 1 is 1.21 bits per heavy atom. The topological polar surface area (TPSA) is 53.1 Å². The highest BCUT2D eigenvalue weighted by molar-refractivity contribution is 9.10. The molecular weight excluding hydrogens is 306 g/mol. The predicted octanol–water partition coefficient (Wildman–Crippen LogP) is 3.38. The largest absolute Gasteiger partial charge is 0.497 e. The summed E-state index contributed by atoms with van der Waals surface area (Å²) in [4.78, 5) is 4.37. The number of ether oxygens (including phenoxy) is 1. The molecule has 1 aromatic heterocycles. The van der Waals surface area contributed by atoms with Crippen molar-refractivity contribution in [3.8, 4) is 11.4 Å². The highest BCUT2D eigenvalue weighted by atomic mass is 79.9. The molecule has 19 heavy (non-hydrogen) atoms. The third kappa shape index (κ3) is 2.06. The quantitative estimate of drug-likeness (QED) is 0.788. The van der Waals surface area contributed by atoms with E-state index >= 15 is 0 Å². The normalized spacial score (nSPS) is 10.8. The fourth-order valence-corrected chi connectivity index (χ4v) is 2.44. The van der Waals surface area contributed by atoms with E-state index in [1.54, 1.807) is 7.11 Å². The molecule has 0 saturated heterocycles. The van der Waals surface area contributed by atoms with E-state index in [1.165, 1.54) is 0 Å². The minimum Gasteiger partial charge on any atom is -0.497 e. The lowest BCUT2D eigenvalue weighted by atomic mass is 10.2. The van der Waals surface area contributed by atoms with Gasteiger partial charge in [0.15, 0.2) is 0 Å². The maximum Gasteiger partial charge on any atom is 0.205 e.